The van der Waals surface area contributed by atoms with Crippen LogP contribution >= 0.6 is 0 Å². The smallest absolute Gasteiger partial charge is 0.306 e. The number of ether oxygens (including phenoxy) is 2. The summed E-state index contributed by atoms with van der Waals surface area (Å²) in [5, 5.41) is 11.9. The molecule has 1 saturated carbocycles. The summed E-state index contributed by atoms with van der Waals surface area (Å²) in [5.74, 6) is -0.678. The van der Waals surface area contributed by atoms with Crippen LogP contribution in [0.1, 0.15) is 31.2 Å². The highest BCUT2D eigenvalue weighted by Gasteiger charge is 2.33. The van der Waals surface area contributed by atoms with Crippen LogP contribution in [0.25, 0.3) is 0 Å². The number of amides is 1. The number of nitrogens with one attached hydrogen (secondary N) is 1. The van der Waals surface area contributed by atoms with Gasteiger partial charge in [0, 0.05) is 32.6 Å². The van der Waals surface area contributed by atoms with Gasteiger partial charge in [0.2, 0.25) is 5.91 Å². The van der Waals surface area contributed by atoms with Crippen molar-refractivity contribution in [3.05, 3.63) is 29.8 Å². The van der Waals surface area contributed by atoms with Gasteiger partial charge in [0.25, 0.3) is 0 Å². The molecule has 2 atom stereocenters. The second-order valence-electron chi connectivity index (χ2n) is 6.11. The number of carbonyl (C=O) groups is 2. The molecule has 1 aromatic rings. The Morgan fingerprint density at radius 1 is 1.25 bits per heavy atom. The number of carboxylic acid groups (broad SMARTS) is 1. The molecule has 1 aliphatic carbocycles. The third kappa shape index (κ3) is 5.53. The van der Waals surface area contributed by atoms with Crippen LogP contribution in [0, 0.1) is 11.8 Å². The number of carbonyl (C=O) groups excluding carboxylic acids is 1. The Balaban J connectivity index is 1.77. The zero-order valence-electron chi connectivity index (χ0n) is 14.0. The average molecular weight is 335 g/mol. The second kappa shape index (κ2) is 9.27. The minimum Gasteiger partial charge on any atom is -0.493 e. The molecule has 0 aromatic heterocycles. The molecule has 0 aliphatic heterocycles. The normalized spacial score (nSPS) is 19.9. The van der Waals surface area contributed by atoms with Gasteiger partial charge in [0.05, 0.1) is 12.5 Å². The first-order valence-electron chi connectivity index (χ1n) is 8.31. The number of aliphatic carboxylic acids is 1. The Labute approximate surface area is 142 Å². The number of hydrogen-bond donors (Lipinski definition) is 2. The van der Waals surface area contributed by atoms with Crippen molar-refractivity contribution in [3.8, 4) is 5.75 Å². The van der Waals surface area contributed by atoms with Gasteiger partial charge in [-0.3, -0.25) is 9.59 Å². The summed E-state index contributed by atoms with van der Waals surface area (Å²) in [6, 6.07) is 7.61. The molecule has 0 saturated heterocycles. The van der Waals surface area contributed by atoms with E-state index in [9.17, 15) is 9.59 Å². The monoisotopic (exact) mass is 335 g/mol. The van der Waals surface area contributed by atoms with Crippen LogP contribution in [0.4, 0.5) is 0 Å². The van der Waals surface area contributed by atoms with Crippen molar-refractivity contribution in [2.45, 2.75) is 32.2 Å². The fourth-order valence-electron chi connectivity index (χ4n) is 2.92. The third-order valence-electron chi connectivity index (χ3n) is 4.28. The highest BCUT2D eigenvalue weighted by Crippen LogP contribution is 2.31. The van der Waals surface area contributed by atoms with Crippen LogP contribution in [-0.4, -0.2) is 37.3 Å². The van der Waals surface area contributed by atoms with Crippen LogP contribution in [-0.2, 0) is 20.9 Å². The first-order valence-corrected chi connectivity index (χ1v) is 8.31. The van der Waals surface area contributed by atoms with E-state index >= 15 is 0 Å². The number of methoxy groups -OCH3 is 1. The lowest BCUT2D eigenvalue weighted by Crippen LogP contribution is -2.29. The fraction of sp³-hybridized carbons (Fsp3) is 0.556. The molecule has 0 radical (unpaired) electrons. The molecule has 1 aliphatic rings. The Bertz CT molecular complexity index is 560. The van der Waals surface area contributed by atoms with E-state index in [0.717, 1.165) is 17.7 Å². The molecule has 2 rings (SSSR count). The predicted octanol–water partition coefficient (Wildman–Crippen LogP) is 2.22. The summed E-state index contributed by atoms with van der Waals surface area (Å²) < 4.78 is 10.6. The van der Waals surface area contributed by atoms with Crippen LogP contribution < -0.4 is 10.1 Å². The number of carboxylic acids is 1. The van der Waals surface area contributed by atoms with Crippen molar-refractivity contribution in [2.75, 3.05) is 20.3 Å². The van der Waals surface area contributed by atoms with Crippen molar-refractivity contribution in [1.82, 2.24) is 5.32 Å². The third-order valence-corrected chi connectivity index (χ3v) is 4.28. The Morgan fingerprint density at radius 2 is 2.04 bits per heavy atom. The van der Waals surface area contributed by atoms with Gasteiger partial charge in [0.15, 0.2) is 0 Å². The summed E-state index contributed by atoms with van der Waals surface area (Å²) in [5.41, 5.74) is 0.959. The number of benzene rings is 1. The molecule has 0 spiro atoms. The van der Waals surface area contributed by atoms with Crippen molar-refractivity contribution in [1.29, 1.82) is 0 Å². The van der Waals surface area contributed by atoms with E-state index in [0.29, 0.717) is 39.0 Å². The molecule has 6 nitrogen and oxygen atoms in total. The molecule has 132 valence electrons. The zero-order chi connectivity index (χ0) is 17.4. The highest BCUT2D eigenvalue weighted by atomic mass is 16.5. The van der Waals surface area contributed by atoms with Gasteiger partial charge in [-0.15, -0.1) is 0 Å². The van der Waals surface area contributed by atoms with Gasteiger partial charge in [-0.2, -0.15) is 0 Å². The molecule has 0 bridgehead atoms. The molecule has 24 heavy (non-hydrogen) atoms. The van der Waals surface area contributed by atoms with Crippen molar-refractivity contribution >= 4 is 11.9 Å². The number of rotatable bonds is 9. The van der Waals surface area contributed by atoms with Crippen LogP contribution in [0.3, 0.4) is 0 Å². The lowest BCUT2D eigenvalue weighted by Gasteiger charge is -2.12. The van der Waals surface area contributed by atoms with Gasteiger partial charge in [-0.1, -0.05) is 12.1 Å². The maximum Gasteiger partial charge on any atom is 0.306 e. The summed E-state index contributed by atoms with van der Waals surface area (Å²) in [6.07, 6.45) is 2.48. The lowest BCUT2D eigenvalue weighted by molar-refractivity contribution is -0.141. The summed E-state index contributed by atoms with van der Waals surface area (Å²) in [4.78, 5) is 23.1. The predicted molar refractivity (Wildman–Crippen MR) is 88.7 cm³/mol. The Kier molecular flexibility index (Phi) is 7.06. The minimum atomic E-state index is -0.802. The molecule has 2 N–H and O–H groups in total. The van der Waals surface area contributed by atoms with E-state index in [2.05, 4.69) is 5.32 Å². The first-order chi connectivity index (χ1) is 11.6. The summed E-state index contributed by atoms with van der Waals surface area (Å²) >= 11 is 0. The highest BCUT2D eigenvalue weighted by molar-refractivity contribution is 5.80. The number of hydrogen-bond acceptors (Lipinski definition) is 4. The van der Waals surface area contributed by atoms with Gasteiger partial charge in [0.1, 0.15) is 5.75 Å². The standard InChI is InChI=1S/C18H25NO5/c1-23-8-3-9-24-16-5-2-4-13(10-16)12-19-17(20)14-6-7-15(11-14)18(21)22/h2,4-5,10,14-15H,3,6-9,11-12H2,1H3,(H,19,20)(H,21,22)/t14-,15+/m1/s1. The molecule has 0 heterocycles. The van der Waals surface area contributed by atoms with Crippen molar-refractivity contribution < 1.29 is 24.2 Å². The molecule has 1 fully saturated rings. The van der Waals surface area contributed by atoms with Gasteiger partial charge < -0.3 is 19.9 Å². The zero-order valence-corrected chi connectivity index (χ0v) is 14.0. The van der Waals surface area contributed by atoms with Crippen LogP contribution in [0.2, 0.25) is 0 Å². The Morgan fingerprint density at radius 3 is 2.75 bits per heavy atom. The molecular weight excluding hydrogens is 310 g/mol. The lowest BCUT2D eigenvalue weighted by atomic mass is 10.0. The van der Waals surface area contributed by atoms with Gasteiger partial charge in [-0.25, -0.2) is 0 Å². The van der Waals surface area contributed by atoms with E-state index in [1.807, 2.05) is 24.3 Å². The quantitative estimate of drug-likeness (QED) is 0.676. The summed E-state index contributed by atoms with van der Waals surface area (Å²) in [7, 11) is 1.66. The van der Waals surface area contributed by atoms with Crippen LogP contribution in [0.5, 0.6) is 5.75 Å². The fourth-order valence-corrected chi connectivity index (χ4v) is 2.92. The van der Waals surface area contributed by atoms with E-state index < -0.39 is 5.97 Å². The second-order valence-corrected chi connectivity index (χ2v) is 6.11. The van der Waals surface area contributed by atoms with E-state index in [1.54, 1.807) is 7.11 Å². The summed E-state index contributed by atoms with van der Waals surface area (Å²) in [6.45, 7) is 1.67. The largest absolute Gasteiger partial charge is 0.493 e. The molecular formula is C18H25NO5. The average Bonchev–Trinajstić information content (AvgIpc) is 3.07. The maximum absolute atomic E-state index is 12.2. The van der Waals surface area contributed by atoms with E-state index in [-0.39, 0.29) is 17.7 Å². The van der Waals surface area contributed by atoms with Crippen LogP contribution in [0.15, 0.2) is 24.3 Å². The topological polar surface area (TPSA) is 84.9 Å². The van der Waals surface area contributed by atoms with Crippen molar-refractivity contribution in [2.24, 2.45) is 11.8 Å². The van der Waals surface area contributed by atoms with E-state index in [4.69, 9.17) is 14.6 Å². The van der Waals surface area contributed by atoms with E-state index in [1.165, 1.54) is 0 Å². The SMILES string of the molecule is COCCCOc1cccc(CNC(=O)[C@@H]2CC[C@H](C(=O)O)C2)c1. The van der Waals surface area contributed by atoms with Gasteiger partial charge in [-0.05, 0) is 37.0 Å². The molecule has 1 aromatic carbocycles. The van der Waals surface area contributed by atoms with Crippen molar-refractivity contribution in [3.63, 3.8) is 0 Å². The molecule has 6 heteroatoms. The minimum absolute atomic E-state index is 0.0647. The Hall–Kier alpha value is -2.08. The van der Waals surface area contributed by atoms with Gasteiger partial charge >= 0.3 is 5.97 Å². The first kappa shape index (κ1) is 18.3. The maximum atomic E-state index is 12.2. The molecule has 0 unspecified atom stereocenters. The molecule has 1 amide bonds.